The van der Waals surface area contributed by atoms with Crippen molar-refractivity contribution in [2.24, 2.45) is 92.4 Å². The molecule has 4 amide bonds. The molecule has 12 aliphatic rings. The maximum absolute atomic E-state index is 14.3. The van der Waals surface area contributed by atoms with Gasteiger partial charge >= 0.3 is 0 Å². The van der Waals surface area contributed by atoms with E-state index in [1.54, 1.807) is 78.3 Å². The molecule has 0 radical (unpaired) electrons. The largest absolute Gasteiger partial charge is 0.496 e. The van der Waals surface area contributed by atoms with Crippen LogP contribution in [0.25, 0.3) is 43.8 Å². The van der Waals surface area contributed by atoms with E-state index in [-0.39, 0.29) is 114 Å². The average molecular weight is 1870 g/mol. The third-order valence-electron chi connectivity index (χ3n) is 31.5. The highest BCUT2D eigenvalue weighted by molar-refractivity contribution is 7.89. The SMILES string of the molecule is COc1c(CN2O[C@@H](CN=[N+]=[N-])[C@@H]([C@H](C)O)[C@H]2C(=O)N[C@H]2C[C@H]3C[C@@H]([C@@H]2C)C3(C)C)cccc1-c1cc(C(=O)NS(C)(=O)=O)cc(N(C)C)c1.COc1c(CN2O[C@@H](CO)[C@H]([C@H](C)O)[C@H]2C(=O)N[C@H]2C[C@H]3C[C@@H]([C@@H]2C)C3(C)C)cccc1-c1cc(C=O)cc(C=O)c1.COc1c(CN2O[C@@H](CO)[C@H]([C@H](C)O)[C@H]2C(=O)N[C@H]2C[C@H]3C[C@@H]([C@@H]2C)C3(C)C)cccc1-c1cc(N)cc([N+](=O)[O-])c1. The van der Waals surface area contributed by atoms with Crippen molar-refractivity contribution < 1.29 is 96.4 Å². The zero-order chi connectivity index (χ0) is 97.6. The lowest BCUT2D eigenvalue weighted by Gasteiger charge is -2.62. The first-order valence-electron chi connectivity index (χ1n) is 46.3. The summed E-state index contributed by atoms with van der Waals surface area (Å²) in [5.41, 5.74) is 23.2. The van der Waals surface area contributed by atoms with Crippen LogP contribution in [0.2, 0.25) is 0 Å². The molecule has 6 bridgehead atoms. The van der Waals surface area contributed by atoms with Crippen LogP contribution in [0, 0.1) is 97.4 Å². The zero-order valence-corrected chi connectivity index (χ0v) is 80.5. The number of nitrogens with zero attached hydrogens (tertiary/aromatic N) is 8. The van der Waals surface area contributed by atoms with Gasteiger partial charge in [-0.15, -0.1) is 0 Å². The van der Waals surface area contributed by atoms with Crippen LogP contribution in [0.3, 0.4) is 0 Å². The van der Waals surface area contributed by atoms with Gasteiger partial charge in [0.05, 0.1) is 96.3 Å². The van der Waals surface area contributed by atoms with Crippen LogP contribution in [0.5, 0.6) is 17.2 Å². The van der Waals surface area contributed by atoms with Gasteiger partial charge in [-0.25, -0.2) is 13.1 Å². The number of carbonyl (C=O) groups is 6. The predicted octanol–water partition coefficient (Wildman–Crippen LogP) is 11.3. The molecule has 134 heavy (non-hydrogen) atoms. The fraction of sp³-hybridized carbons (Fsp3) is 0.576. The summed E-state index contributed by atoms with van der Waals surface area (Å²) in [7, 11) is 4.38. The van der Waals surface area contributed by atoms with E-state index in [2.05, 4.69) is 88.3 Å². The zero-order valence-electron chi connectivity index (χ0n) is 79.7. The van der Waals surface area contributed by atoms with Gasteiger partial charge in [-0.2, -0.15) is 15.2 Å². The molecule has 9 saturated carbocycles. The number of benzene rings is 6. The van der Waals surface area contributed by atoms with Crippen LogP contribution in [0.4, 0.5) is 17.1 Å². The van der Waals surface area contributed by atoms with Crippen molar-refractivity contribution in [3.8, 4) is 50.6 Å². The molecule has 3 heterocycles. The maximum atomic E-state index is 14.3. The molecular weight excluding hydrogens is 1740 g/mol. The van der Waals surface area contributed by atoms with Crippen molar-refractivity contribution in [3.05, 3.63) is 163 Å². The van der Waals surface area contributed by atoms with Gasteiger partial charge in [0.15, 0.2) is 0 Å². The van der Waals surface area contributed by atoms with E-state index in [1.807, 2.05) is 67.3 Å². The number of sulfonamides is 1. The van der Waals surface area contributed by atoms with Crippen LogP contribution in [0.1, 0.15) is 169 Å². The Bertz CT molecular complexity index is 5490. The molecule has 35 heteroatoms. The van der Waals surface area contributed by atoms with Gasteiger partial charge in [0.25, 0.3) is 11.6 Å². The van der Waals surface area contributed by atoms with Crippen molar-refractivity contribution in [1.82, 2.24) is 35.9 Å². The smallest absolute Gasteiger partial charge is 0.272 e. The van der Waals surface area contributed by atoms with Crippen molar-refractivity contribution in [1.29, 1.82) is 0 Å². The third kappa shape index (κ3) is 20.4. The van der Waals surface area contributed by atoms with Crippen LogP contribution >= 0.6 is 0 Å². The summed E-state index contributed by atoms with van der Waals surface area (Å²) in [6, 6.07) is 28.2. The molecule has 12 fully saturated rings. The summed E-state index contributed by atoms with van der Waals surface area (Å²) < 4.78 is 43.3. The predicted molar refractivity (Wildman–Crippen MR) is 503 cm³/mol. The lowest BCUT2D eigenvalue weighted by Crippen LogP contribution is -2.62. The van der Waals surface area contributed by atoms with Crippen LogP contribution in [-0.2, 0) is 58.6 Å². The summed E-state index contributed by atoms with van der Waals surface area (Å²) in [6.45, 7) is 24.9. The van der Waals surface area contributed by atoms with E-state index in [4.69, 9.17) is 40.0 Å². The lowest BCUT2D eigenvalue weighted by atomic mass is 9.45. The standard InChI is InChI=1S/C35H49N7O7S.C33H42N2O7.C31H42N4O7/c1-19-27-15-24(35(27,3)4)16-28(19)38-34(45)31-30(20(2)43)29(17-37-40-36)49-42(31)18-21-10-9-11-26(32(21)48-7)22-12-23(14-25(13-22)41(5)6)33(44)39-50(8,46)47;1-18-26-12-24(33(26,3)4)13-27(18)34-32(40)30-29(19(2)39)28(17-38)42-35(30)14-22-7-6-8-25(31(22)41-5)23-10-20(15-36)9-21(11-23)16-37;1-16-24-11-20(31(24,3)4)12-25(16)33-30(38)28-27(17(2)37)26(15-36)42-34(28)14-18-7-6-8-23(29(18)41-5)19-9-21(32)13-22(10-19)35(39)40/h9-14,19-20,24,27-31,43H,15-18H2,1-8H3,(H,38,45)(H,39,44);6-11,15-16,18-19,24,26-30,38-39H,12-14,17H2,1-5H3,(H,34,40);6-10,13,16-17,20,24-28,36-37H,11-12,14-15,32H2,1-5H3,(H,33,38)/t19-,20-,24+,27-,28-,29-,30+,31-;18-,19-,24+,26-,27-,28-,29-,30-;16-,17-,20+,24-,25-,26-,27-,28-/m000/s1. The number of hydrogen-bond donors (Lipinski definition) is 10. The number of aldehydes is 2. The third-order valence-corrected chi connectivity index (χ3v) is 32.1. The Morgan fingerprint density at radius 3 is 1.25 bits per heavy atom. The first-order valence-corrected chi connectivity index (χ1v) is 48.2. The number of para-hydroxylation sites is 3. The summed E-state index contributed by atoms with van der Waals surface area (Å²) in [5.74, 6) is 2.15. The Hall–Kier alpha value is -10.2. The van der Waals surface area contributed by atoms with E-state index in [1.165, 1.54) is 63.9 Å². The maximum Gasteiger partial charge on any atom is 0.272 e. The number of aliphatic hydroxyl groups is 5. The van der Waals surface area contributed by atoms with Crippen LogP contribution < -0.4 is 45.5 Å². The number of amides is 4. The van der Waals surface area contributed by atoms with Crippen molar-refractivity contribution in [2.75, 3.05) is 72.1 Å². The number of aliphatic hydroxyl groups excluding tert-OH is 5. The molecular formula is C99H133N13O21S. The molecule has 0 unspecified atom stereocenters. The number of non-ortho nitro benzene ring substituents is 1. The van der Waals surface area contributed by atoms with Gasteiger partial charge in [0.1, 0.15) is 60.2 Å². The summed E-state index contributed by atoms with van der Waals surface area (Å²) in [6.07, 6.45) is 3.52. The highest BCUT2D eigenvalue weighted by atomic mass is 32.2. The van der Waals surface area contributed by atoms with Gasteiger partial charge in [-0.1, -0.05) is 122 Å². The number of azide groups is 1. The Morgan fingerprint density at radius 2 is 0.933 bits per heavy atom. The fourth-order valence-electron chi connectivity index (χ4n) is 23.9. The van der Waals surface area contributed by atoms with E-state index in [0.29, 0.717) is 144 Å². The molecule has 24 atom stereocenters. The number of ether oxygens (including phenoxy) is 3. The van der Waals surface area contributed by atoms with Crippen molar-refractivity contribution >= 4 is 63.3 Å². The molecule has 3 saturated heterocycles. The normalized spacial score (nSPS) is 29.6. The highest BCUT2D eigenvalue weighted by Crippen LogP contribution is 2.64. The molecule has 9 aliphatic carbocycles. The van der Waals surface area contributed by atoms with E-state index >= 15 is 0 Å². The summed E-state index contributed by atoms with van der Waals surface area (Å²) >= 11 is 0. The Labute approximate surface area is 783 Å². The quantitative estimate of drug-likeness (QED) is 0.00367. The number of nitrogens with one attached hydrogen (secondary N) is 4. The Morgan fingerprint density at radius 1 is 0.575 bits per heavy atom. The summed E-state index contributed by atoms with van der Waals surface area (Å²) in [4.78, 5) is 112. The second kappa shape index (κ2) is 41.0. The first kappa shape index (κ1) is 101. The van der Waals surface area contributed by atoms with Gasteiger partial charge < -0.3 is 66.3 Å². The molecule has 726 valence electrons. The number of fused-ring (bicyclic) bond motifs is 6. The molecule has 6 aromatic rings. The fourth-order valence-corrected chi connectivity index (χ4v) is 24.3. The van der Waals surface area contributed by atoms with Gasteiger partial charge in [0, 0.05) is 128 Å². The molecule has 0 spiro atoms. The number of rotatable bonds is 31. The number of nitrogen functional groups attached to an aromatic ring is 1. The molecule has 3 aliphatic heterocycles. The second-order valence-electron chi connectivity index (χ2n) is 40.5. The molecule has 0 aromatic heterocycles. The van der Waals surface area contributed by atoms with E-state index in [9.17, 15) is 72.8 Å². The van der Waals surface area contributed by atoms with Crippen LogP contribution in [0.15, 0.2) is 114 Å². The highest BCUT2D eigenvalue weighted by Gasteiger charge is 2.61. The van der Waals surface area contributed by atoms with E-state index < -0.39 is 93.4 Å². The van der Waals surface area contributed by atoms with Crippen LogP contribution in [-0.4, -0.2) is 225 Å². The molecule has 34 nitrogen and oxygen atoms in total. The minimum atomic E-state index is -3.80. The molecule has 11 N–H and O–H groups in total. The Kier molecular flexibility index (Phi) is 30.9. The van der Waals surface area contributed by atoms with Crippen molar-refractivity contribution in [3.63, 3.8) is 0 Å². The number of nitrogens with two attached hydrogens (primary N) is 1. The number of nitro groups is 1. The number of nitro benzene ring substituents is 1. The minimum Gasteiger partial charge on any atom is -0.496 e. The topological polar surface area (TPSA) is 472 Å². The summed E-state index contributed by atoms with van der Waals surface area (Å²) in [5, 5.41) is 82.4. The van der Waals surface area contributed by atoms with Gasteiger partial charge in [0.2, 0.25) is 27.7 Å². The second-order valence-corrected chi connectivity index (χ2v) is 42.2. The monoisotopic (exact) mass is 1870 g/mol. The van der Waals surface area contributed by atoms with E-state index in [0.717, 1.165) is 25.5 Å². The van der Waals surface area contributed by atoms with Gasteiger partial charge in [-0.3, -0.25) is 53.4 Å². The molecule has 18 rings (SSSR count). The Balaban J connectivity index is 0.000000171. The lowest BCUT2D eigenvalue weighted by molar-refractivity contribution is -0.384. The number of hydrogen-bond acceptors (Lipinski definition) is 27. The molecule has 6 aromatic carbocycles. The number of anilines is 2. The van der Waals surface area contributed by atoms with Gasteiger partial charge in [-0.05, 0) is 193 Å². The average Bonchev–Trinajstić information content (AvgIpc) is 0.833. The number of hydroxylamine groups is 6. The number of carbonyl (C=O) groups excluding carboxylic acids is 6. The number of methoxy groups -OCH3 is 3. The minimum absolute atomic E-state index is 0.0112. The first-order chi connectivity index (χ1) is 63.4. The van der Waals surface area contributed by atoms with Crippen molar-refractivity contribution in [2.45, 2.75) is 214 Å².